The minimum Gasteiger partial charge on any atom is -0.455 e. The molecule has 0 aliphatic rings. The minimum absolute atomic E-state index is 0.609. The second-order valence-corrected chi connectivity index (χ2v) is 13.4. The third-order valence-electron chi connectivity index (χ3n) is 9.43. The Morgan fingerprint density at radius 3 is 2.06 bits per heavy atom. The first-order chi connectivity index (χ1) is 24.8. The summed E-state index contributed by atoms with van der Waals surface area (Å²) in [4.78, 5) is 14.9. The maximum Gasteiger partial charge on any atom is 0.164 e. The highest BCUT2D eigenvalue weighted by Crippen LogP contribution is 2.46. The quantitative estimate of drug-likeness (QED) is 0.185. The number of para-hydroxylation sites is 1. The molecule has 4 nitrogen and oxygen atoms in total. The van der Waals surface area contributed by atoms with Crippen LogP contribution in [0.3, 0.4) is 0 Å². The van der Waals surface area contributed by atoms with E-state index in [0.29, 0.717) is 5.82 Å². The smallest absolute Gasteiger partial charge is 0.164 e. The number of furan rings is 1. The number of hydrogen-bond donors (Lipinski definition) is 0. The van der Waals surface area contributed by atoms with Crippen molar-refractivity contribution in [3.63, 3.8) is 0 Å². The average Bonchev–Trinajstić information content (AvgIpc) is 3.77. The van der Waals surface area contributed by atoms with E-state index in [2.05, 4.69) is 120 Å². The molecule has 6 aromatic carbocycles. The molecule has 0 unspecified atom stereocenters. The van der Waals surface area contributed by atoms with E-state index in [9.17, 15) is 0 Å². The fraction of sp³-hybridized carbons (Fsp3) is 0. The molecule has 0 amide bonds. The number of hydrogen-bond acceptors (Lipinski definition) is 5. The Morgan fingerprint density at radius 1 is 0.480 bits per heavy atom. The van der Waals surface area contributed by atoms with Crippen molar-refractivity contribution in [1.82, 2.24) is 15.0 Å². The van der Waals surface area contributed by atoms with Crippen LogP contribution in [0.5, 0.6) is 0 Å². The van der Waals surface area contributed by atoms with Crippen molar-refractivity contribution >= 4 is 53.4 Å². The second kappa shape index (κ2) is 11.6. The Hall–Kier alpha value is -6.43. The Balaban J connectivity index is 1.25. The van der Waals surface area contributed by atoms with Crippen LogP contribution in [-0.2, 0) is 0 Å². The van der Waals surface area contributed by atoms with Gasteiger partial charge in [0.1, 0.15) is 11.2 Å². The lowest BCUT2D eigenvalue weighted by Crippen LogP contribution is -1.97. The largest absolute Gasteiger partial charge is 0.455 e. The lowest BCUT2D eigenvalue weighted by molar-refractivity contribution is 0.669. The molecule has 5 heteroatoms. The van der Waals surface area contributed by atoms with E-state index in [0.717, 1.165) is 66.7 Å². The lowest BCUT2D eigenvalue weighted by Gasteiger charge is -2.13. The maximum absolute atomic E-state index is 6.77. The predicted molar refractivity (Wildman–Crippen MR) is 207 cm³/mol. The molecule has 0 saturated carbocycles. The van der Waals surface area contributed by atoms with Crippen LogP contribution in [0, 0.1) is 0 Å². The van der Waals surface area contributed by atoms with Gasteiger partial charge >= 0.3 is 0 Å². The molecule has 10 rings (SSSR count). The monoisotopic (exact) mass is 657 g/mol. The van der Waals surface area contributed by atoms with Gasteiger partial charge in [-0.05, 0) is 41.5 Å². The highest BCUT2D eigenvalue weighted by atomic mass is 32.1. The lowest BCUT2D eigenvalue weighted by atomic mass is 9.95. The second-order valence-electron chi connectivity index (χ2n) is 12.4. The Bertz CT molecular complexity index is 2870. The summed E-state index contributed by atoms with van der Waals surface area (Å²) in [7, 11) is 0. The van der Waals surface area contributed by atoms with Crippen molar-refractivity contribution in [3.05, 3.63) is 164 Å². The van der Waals surface area contributed by atoms with E-state index in [4.69, 9.17) is 14.4 Å². The zero-order valence-electron chi connectivity index (χ0n) is 26.7. The van der Waals surface area contributed by atoms with Crippen molar-refractivity contribution in [2.45, 2.75) is 0 Å². The number of pyridine rings is 1. The molecule has 0 atom stereocenters. The molecule has 0 radical (unpaired) electrons. The van der Waals surface area contributed by atoms with Gasteiger partial charge in [0.25, 0.3) is 0 Å². The van der Waals surface area contributed by atoms with E-state index in [1.807, 2.05) is 53.9 Å². The van der Waals surface area contributed by atoms with Crippen LogP contribution in [0.2, 0.25) is 0 Å². The van der Waals surface area contributed by atoms with Crippen LogP contribution in [0.15, 0.2) is 168 Å². The van der Waals surface area contributed by atoms with Gasteiger partial charge in [-0.15, -0.1) is 11.3 Å². The molecule has 4 heterocycles. The van der Waals surface area contributed by atoms with Gasteiger partial charge in [0, 0.05) is 65.6 Å². The summed E-state index contributed by atoms with van der Waals surface area (Å²) in [6, 6.07) is 52.7. The molecule has 0 aliphatic carbocycles. The molecule has 0 fully saturated rings. The number of fused-ring (bicyclic) bond motifs is 6. The van der Waals surface area contributed by atoms with Gasteiger partial charge in [-0.3, -0.25) is 4.98 Å². The Morgan fingerprint density at radius 2 is 1.18 bits per heavy atom. The van der Waals surface area contributed by atoms with Crippen LogP contribution in [0.25, 0.3) is 98.3 Å². The molecular formula is C45H27N3OS. The van der Waals surface area contributed by atoms with Crippen LogP contribution in [-0.4, -0.2) is 15.0 Å². The SMILES string of the molecule is c1ccc(-c2cc(-c3ccccc3-c3cccnc3)nc(-c3ccc(-c4cccc5c4sc4ccccc45)c4c3oc3ccccc34)n2)cc1. The van der Waals surface area contributed by atoms with E-state index < -0.39 is 0 Å². The molecule has 0 N–H and O–H groups in total. The molecular weight excluding hydrogens is 631 g/mol. The Labute approximate surface area is 292 Å². The topological polar surface area (TPSA) is 51.8 Å². The van der Waals surface area contributed by atoms with Crippen LogP contribution >= 0.6 is 11.3 Å². The summed E-state index contributed by atoms with van der Waals surface area (Å²) in [6.45, 7) is 0. The highest BCUT2D eigenvalue weighted by molar-refractivity contribution is 7.26. The zero-order valence-corrected chi connectivity index (χ0v) is 27.6. The van der Waals surface area contributed by atoms with Crippen LogP contribution in [0.4, 0.5) is 0 Å². The molecule has 50 heavy (non-hydrogen) atoms. The van der Waals surface area contributed by atoms with Gasteiger partial charge in [0.05, 0.1) is 17.0 Å². The summed E-state index contributed by atoms with van der Waals surface area (Å²) in [5.74, 6) is 0.609. The van der Waals surface area contributed by atoms with Gasteiger partial charge in [0.2, 0.25) is 0 Å². The van der Waals surface area contributed by atoms with Crippen molar-refractivity contribution in [2.24, 2.45) is 0 Å². The third-order valence-corrected chi connectivity index (χ3v) is 10.7. The predicted octanol–water partition coefficient (Wildman–Crippen LogP) is 12.5. The van der Waals surface area contributed by atoms with Crippen LogP contribution in [0.1, 0.15) is 0 Å². The van der Waals surface area contributed by atoms with Gasteiger partial charge in [-0.1, -0.05) is 121 Å². The molecule has 234 valence electrons. The number of thiophene rings is 1. The van der Waals surface area contributed by atoms with Gasteiger partial charge in [-0.25, -0.2) is 9.97 Å². The standard InChI is InChI=1S/C45H27N3OS/c1-2-12-28(13-3-1)38-26-39(31-16-5-4-15-30(31)29-14-11-25-46-27-29)48-45(47-38)37-24-23-33(42-36-18-6-8-21-40(36)49-43(37)42)35-20-10-19-34-32-17-7-9-22-41(32)50-44(34)35/h1-27H. The van der Waals surface area contributed by atoms with Crippen molar-refractivity contribution < 1.29 is 4.42 Å². The summed E-state index contributed by atoms with van der Waals surface area (Å²) in [5, 5.41) is 4.68. The highest BCUT2D eigenvalue weighted by Gasteiger charge is 2.22. The van der Waals surface area contributed by atoms with Gasteiger partial charge in [-0.2, -0.15) is 0 Å². The fourth-order valence-electron chi connectivity index (χ4n) is 7.13. The molecule has 0 spiro atoms. The zero-order chi connectivity index (χ0) is 33.0. The molecule has 10 aromatic rings. The first kappa shape index (κ1) is 28.6. The third kappa shape index (κ3) is 4.63. The number of aromatic nitrogens is 3. The number of rotatable bonds is 5. The average molecular weight is 658 g/mol. The summed E-state index contributed by atoms with van der Waals surface area (Å²) in [6.07, 6.45) is 3.69. The number of benzene rings is 6. The number of nitrogens with zero attached hydrogens (tertiary/aromatic N) is 3. The Kier molecular flexibility index (Phi) is 6.64. The van der Waals surface area contributed by atoms with E-state index in [1.54, 1.807) is 6.20 Å². The first-order valence-electron chi connectivity index (χ1n) is 16.6. The summed E-state index contributed by atoms with van der Waals surface area (Å²) in [5.41, 5.74) is 10.6. The normalized spacial score (nSPS) is 11.6. The van der Waals surface area contributed by atoms with Gasteiger partial charge in [0.15, 0.2) is 5.82 Å². The molecule has 0 saturated heterocycles. The summed E-state index contributed by atoms with van der Waals surface area (Å²) < 4.78 is 9.32. The van der Waals surface area contributed by atoms with Crippen LogP contribution < -0.4 is 0 Å². The molecule has 4 aromatic heterocycles. The van der Waals surface area contributed by atoms with E-state index >= 15 is 0 Å². The summed E-state index contributed by atoms with van der Waals surface area (Å²) >= 11 is 1.84. The first-order valence-corrected chi connectivity index (χ1v) is 17.4. The van der Waals surface area contributed by atoms with E-state index in [-0.39, 0.29) is 0 Å². The molecule has 0 bridgehead atoms. The van der Waals surface area contributed by atoms with Crippen molar-refractivity contribution in [1.29, 1.82) is 0 Å². The van der Waals surface area contributed by atoms with Gasteiger partial charge < -0.3 is 4.42 Å². The van der Waals surface area contributed by atoms with Crippen molar-refractivity contribution in [3.8, 4) is 56.2 Å². The fourth-order valence-corrected chi connectivity index (χ4v) is 8.36. The van der Waals surface area contributed by atoms with E-state index in [1.165, 1.54) is 25.7 Å². The van der Waals surface area contributed by atoms with Crippen molar-refractivity contribution in [2.75, 3.05) is 0 Å². The maximum atomic E-state index is 6.77. The molecule has 0 aliphatic heterocycles. The minimum atomic E-state index is 0.609.